The molecule has 102 valence electrons. The molecule has 3 atom stereocenters. The first-order valence-corrected chi connectivity index (χ1v) is 7.66. The number of rotatable bonds is 5. The van der Waals surface area contributed by atoms with Crippen LogP contribution in [0.3, 0.4) is 0 Å². The van der Waals surface area contributed by atoms with Crippen LogP contribution in [-0.4, -0.2) is 12.6 Å². The summed E-state index contributed by atoms with van der Waals surface area (Å²) in [4.78, 5) is 0. The first-order valence-electron chi connectivity index (χ1n) is 7.66. The van der Waals surface area contributed by atoms with Crippen LogP contribution in [0.25, 0.3) is 0 Å². The van der Waals surface area contributed by atoms with Gasteiger partial charge in [-0.15, -0.1) is 0 Å². The van der Waals surface area contributed by atoms with Crippen molar-refractivity contribution in [2.24, 2.45) is 29.6 Å². The van der Waals surface area contributed by atoms with Gasteiger partial charge in [0.2, 0.25) is 0 Å². The van der Waals surface area contributed by atoms with Crippen molar-refractivity contribution in [3.63, 3.8) is 0 Å². The maximum Gasteiger partial charge on any atom is 0.00953 e. The molecule has 1 saturated carbocycles. The first-order chi connectivity index (χ1) is 7.93. The summed E-state index contributed by atoms with van der Waals surface area (Å²) >= 11 is 0. The van der Waals surface area contributed by atoms with Crippen molar-refractivity contribution in [1.29, 1.82) is 0 Å². The van der Waals surface area contributed by atoms with E-state index in [4.69, 9.17) is 0 Å². The summed E-state index contributed by atoms with van der Waals surface area (Å²) in [5, 5.41) is 3.86. The molecule has 1 fully saturated rings. The molecule has 0 aliphatic heterocycles. The zero-order chi connectivity index (χ0) is 13.0. The van der Waals surface area contributed by atoms with Gasteiger partial charge in [-0.1, -0.05) is 54.4 Å². The maximum atomic E-state index is 3.86. The molecule has 1 N–H and O–H groups in total. The second-order valence-corrected chi connectivity index (χ2v) is 6.93. The lowest BCUT2D eigenvalue weighted by Crippen LogP contribution is -2.44. The van der Waals surface area contributed by atoms with Crippen LogP contribution in [0.5, 0.6) is 0 Å². The minimum absolute atomic E-state index is 0.763. The van der Waals surface area contributed by atoms with Crippen LogP contribution in [0.2, 0.25) is 0 Å². The fraction of sp³-hybridized carbons (Fsp3) is 1.00. The Morgan fingerprint density at radius 1 is 1.00 bits per heavy atom. The Labute approximate surface area is 109 Å². The highest BCUT2D eigenvalue weighted by atomic mass is 14.9. The van der Waals surface area contributed by atoms with Gasteiger partial charge in [0.25, 0.3) is 0 Å². The van der Waals surface area contributed by atoms with Gasteiger partial charge in [0.1, 0.15) is 0 Å². The molecule has 1 aliphatic carbocycles. The number of hydrogen-bond donors (Lipinski definition) is 1. The van der Waals surface area contributed by atoms with E-state index in [0.29, 0.717) is 0 Å². The average molecular weight is 239 g/mol. The molecule has 0 spiro atoms. The zero-order valence-electron chi connectivity index (χ0n) is 12.8. The summed E-state index contributed by atoms with van der Waals surface area (Å²) in [7, 11) is 0. The van der Waals surface area contributed by atoms with Crippen LogP contribution >= 0.6 is 0 Å². The molecule has 1 aliphatic rings. The number of hydrogen-bond acceptors (Lipinski definition) is 1. The standard InChI is InChI=1S/C16H33N/c1-11(2)15(12(3)4)10-17-16-9-7-8-13(5)14(16)6/h11-17H,7-10H2,1-6H3. The molecule has 0 heterocycles. The molecular formula is C16H33N. The maximum absolute atomic E-state index is 3.86. The van der Waals surface area contributed by atoms with E-state index in [9.17, 15) is 0 Å². The van der Waals surface area contributed by atoms with E-state index < -0.39 is 0 Å². The van der Waals surface area contributed by atoms with Gasteiger partial charge < -0.3 is 5.32 Å². The number of nitrogens with one attached hydrogen (secondary N) is 1. The summed E-state index contributed by atoms with van der Waals surface area (Å²) in [6.07, 6.45) is 4.22. The smallest absolute Gasteiger partial charge is 0.00953 e. The van der Waals surface area contributed by atoms with Gasteiger partial charge in [0, 0.05) is 6.04 Å². The van der Waals surface area contributed by atoms with Crippen LogP contribution in [0.4, 0.5) is 0 Å². The first kappa shape index (κ1) is 15.0. The highest BCUT2D eigenvalue weighted by Crippen LogP contribution is 2.30. The van der Waals surface area contributed by atoms with Crippen molar-refractivity contribution in [2.45, 2.75) is 66.8 Å². The Morgan fingerprint density at radius 3 is 2.12 bits per heavy atom. The normalized spacial score (nSPS) is 30.5. The Hall–Kier alpha value is -0.0400. The van der Waals surface area contributed by atoms with Gasteiger partial charge >= 0.3 is 0 Å². The molecule has 3 unspecified atom stereocenters. The molecule has 0 aromatic carbocycles. The van der Waals surface area contributed by atoms with Crippen molar-refractivity contribution >= 4 is 0 Å². The summed E-state index contributed by atoms with van der Waals surface area (Å²) in [6.45, 7) is 15.5. The third-order valence-electron chi connectivity index (χ3n) is 5.04. The van der Waals surface area contributed by atoms with Crippen LogP contribution in [0.15, 0.2) is 0 Å². The Bertz CT molecular complexity index is 202. The molecule has 1 rings (SSSR count). The molecular weight excluding hydrogens is 206 g/mol. The minimum Gasteiger partial charge on any atom is -0.313 e. The third kappa shape index (κ3) is 4.28. The van der Waals surface area contributed by atoms with Crippen LogP contribution in [0.1, 0.15) is 60.8 Å². The van der Waals surface area contributed by atoms with Gasteiger partial charge in [0.15, 0.2) is 0 Å². The molecule has 0 aromatic rings. The van der Waals surface area contributed by atoms with E-state index in [2.05, 4.69) is 46.9 Å². The van der Waals surface area contributed by atoms with E-state index in [1.54, 1.807) is 0 Å². The predicted molar refractivity (Wildman–Crippen MR) is 77.1 cm³/mol. The molecule has 1 heteroatoms. The zero-order valence-corrected chi connectivity index (χ0v) is 12.8. The summed E-state index contributed by atoms with van der Waals surface area (Å²) in [5.74, 6) is 4.15. The van der Waals surface area contributed by atoms with Crippen LogP contribution in [-0.2, 0) is 0 Å². The van der Waals surface area contributed by atoms with Crippen molar-refractivity contribution in [3.05, 3.63) is 0 Å². The van der Waals surface area contributed by atoms with E-state index >= 15 is 0 Å². The fourth-order valence-electron chi connectivity index (χ4n) is 3.40. The van der Waals surface area contributed by atoms with E-state index in [0.717, 1.165) is 35.6 Å². The molecule has 0 amide bonds. The Kier molecular flexibility index (Phi) is 5.99. The van der Waals surface area contributed by atoms with E-state index in [1.165, 1.54) is 25.8 Å². The summed E-state index contributed by atoms with van der Waals surface area (Å²) in [5.41, 5.74) is 0. The highest BCUT2D eigenvalue weighted by Gasteiger charge is 2.27. The van der Waals surface area contributed by atoms with Gasteiger partial charge in [-0.25, -0.2) is 0 Å². The Balaban J connectivity index is 2.42. The molecule has 0 saturated heterocycles. The Morgan fingerprint density at radius 2 is 1.59 bits per heavy atom. The third-order valence-corrected chi connectivity index (χ3v) is 5.04. The predicted octanol–water partition coefficient (Wildman–Crippen LogP) is 4.33. The second-order valence-electron chi connectivity index (χ2n) is 6.93. The lowest BCUT2D eigenvalue weighted by molar-refractivity contribution is 0.183. The van der Waals surface area contributed by atoms with Crippen LogP contribution in [0, 0.1) is 29.6 Å². The SMILES string of the molecule is CC(C)C(CNC1CCCC(C)C1C)C(C)C. The van der Waals surface area contributed by atoms with Gasteiger partial charge in [-0.2, -0.15) is 0 Å². The van der Waals surface area contributed by atoms with Gasteiger partial charge in [-0.05, 0) is 42.6 Å². The monoisotopic (exact) mass is 239 g/mol. The lowest BCUT2D eigenvalue weighted by atomic mass is 9.77. The molecule has 0 aromatic heterocycles. The summed E-state index contributed by atoms with van der Waals surface area (Å²) in [6, 6.07) is 0.763. The second kappa shape index (κ2) is 6.78. The van der Waals surface area contributed by atoms with Gasteiger partial charge in [0.05, 0.1) is 0 Å². The van der Waals surface area contributed by atoms with Crippen molar-refractivity contribution < 1.29 is 0 Å². The summed E-state index contributed by atoms with van der Waals surface area (Å²) < 4.78 is 0. The molecule has 0 radical (unpaired) electrons. The van der Waals surface area contributed by atoms with Crippen molar-refractivity contribution in [3.8, 4) is 0 Å². The minimum atomic E-state index is 0.763. The van der Waals surface area contributed by atoms with Gasteiger partial charge in [-0.3, -0.25) is 0 Å². The topological polar surface area (TPSA) is 12.0 Å². The van der Waals surface area contributed by atoms with Crippen molar-refractivity contribution in [2.75, 3.05) is 6.54 Å². The highest BCUT2D eigenvalue weighted by molar-refractivity contribution is 4.83. The van der Waals surface area contributed by atoms with Crippen molar-refractivity contribution in [1.82, 2.24) is 5.32 Å². The molecule has 0 bridgehead atoms. The largest absolute Gasteiger partial charge is 0.313 e. The fourth-order valence-corrected chi connectivity index (χ4v) is 3.40. The van der Waals surface area contributed by atoms with Crippen LogP contribution < -0.4 is 5.32 Å². The van der Waals surface area contributed by atoms with E-state index in [-0.39, 0.29) is 0 Å². The molecule has 17 heavy (non-hydrogen) atoms. The lowest BCUT2D eigenvalue weighted by Gasteiger charge is -2.36. The molecule has 1 nitrogen and oxygen atoms in total. The van der Waals surface area contributed by atoms with E-state index in [1.807, 2.05) is 0 Å². The average Bonchev–Trinajstić information content (AvgIpc) is 2.23. The quantitative estimate of drug-likeness (QED) is 0.753.